The molecule has 6 nitrogen and oxygen atoms in total. The van der Waals surface area contributed by atoms with Crippen LogP contribution in [0.15, 0.2) is 36.7 Å². The lowest BCUT2D eigenvalue weighted by Gasteiger charge is -2.35. The van der Waals surface area contributed by atoms with Crippen LogP contribution in [0.5, 0.6) is 5.75 Å². The number of carbonyl (C=O) groups is 1. The van der Waals surface area contributed by atoms with E-state index in [1.807, 2.05) is 13.0 Å². The highest BCUT2D eigenvalue weighted by atomic mass is 16.5. The first-order chi connectivity index (χ1) is 13.7. The Morgan fingerprint density at radius 3 is 3.04 bits per heavy atom. The molecule has 2 N–H and O–H groups in total. The van der Waals surface area contributed by atoms with Gasteiger partial charge >= 0.3 is 0 Å². The Morgan fingerprint density at radius 2 is 2.29 bits per heavy atom. The summed E-state index contributed by atoms with van der Waals surface area (Å²) in [5, 5.41) is 3.13. The van der Waals surface area contributed by atoms with E-state index in [1.165, 1.54) is 12.0 Å². The van der Waals surface area contributed by atoms with Crippen molar-refractivity contribution < 1.29 is 9.53 Å². The number of hydrogen-bond acceptors (Lipinski definition) is 4. The number of nitrogens with one attached hydrogen (secondary N) is 2. The maximum atomic E-state index is 13.2. The third-order valence-corrected chi connectivity index (χ3v) is 6.51. The van der Waals surface area contributed by atoms with E-state index in [-0.39, 0.29) is 11.3 Å². The smallest absolute Gasteiger partial charge is 0.228 e. The van der Waals surface area contributed by atoms with Crippen LogP contribution in [0, 0.1) is 5.41 Å². The molecule has 0 saturated carbocycles. The zero-order valence-electron chi connectivity index (χ0n) is 16.8. The molecule has 0 unspecified atom stereocenters. The summed E-state index contributed by atoms with van der Waals surface area (Å²) in [6.45, 7) is 6.17. The van der Waals surface area contributed by atoms with E-state index in [1.54, 1.807) is 12.4 Å². The van der Waals surface area contributed by atoms with Crippen molar-refractivity contribution in [2.75, 3.05) is 6.61 Å². The average molecular weight is 383 g/mol. The van der Waals surface area contributed by atoms with Gasteiger partial charge in [-0.25, -0.2) is 4.98 Å². The lowest BCUT2D eigenvalue weighted by atomic mass is 9.71. The predicted octanol–water partition coefficient (Wildman–Crippen LogP) is 3.26. The number of H-pyrrole nitrogens is 1. The number of amides is 1. The van der Waals surface area contributed by atoms with Gasteiger partial charge in [-0.2, -0.15) is 0 Å². The number of imidazole rings is 1. The normalized spacial score (nSPS) is 26.5. The molecule has 2 aliphatic heterocycles. The Labute approximate surface area is 166 Å². The second-order valence-electron chi connectivity index (χ2n) is 7.93. The monoisotopic (exact) mass is 382 g/mol. The second kappa shape index (κ2) is 7.95. The first-order valence-electron chi connectivity index (χ1n) is 10.4. The SMILES string of the molecule is CCOc1cccc(CN2[C@H]3CC[C@@H]2[C@](CC)(C(=O)NCc2ncc[nH]2)C3)c1. The summed E-state index contributed by atoms with van der Waals surface area (Å²) in [6, 6.07) is 9.13. The first kappa shape index (κ1) is 19.0. The third-order valence-electron chi connectivity index (χ3n) is 6.51. The van der Waals surface area contributed by atoms with E-state index in [0.717, 1.165) is 37.4 Å². The standard InChI is InChI=1S/C22H30N4O2/c1-3-22(21(27)25-14-20-23-10-11-24-20)13-17-8-9-19(22)26(17)15-16-6-5-7-18(12-16)28-4-2/h5-7,10-12,17,19H,3-4,8-9,13-15H2,1-2H3,(H,23,24)(H,25,27)/t17-,19+,22+/m0/s1. The summed E-state index contributed by atoms with van der Waals surface area (Å²) >= 11 is 0. The Kier molecular flexibility index (Phi) is 5.40. The van der Waals surface area contributed by atoms with Gasteiger partial charge in [0.2, 0.25) is 5.91 Å². The number of aromatic amines is 1. The molecule has 150 valence electrons. The maximum Gasteiger partial charge on any atom is 0.228 e. The Hall–Kier alpha value is -2.34. The van der Waals surface area contributed by atoms with Crippen molar-refractivity contribution in [2.45, 2.75) is 64.7 Å². The minimum absolute atomic E-state index is 0.173. The highest BCUT2D eigenvalue weighted by Crippen LogP contribution is 2.52. The van der Waals surface area contributed by atoms with Crippen molar-refractivity contribution in [1.82, 2.24) is 20.2 Å². The molecule has 2 aliphatic rings. The van der Waals surface area contributed by atoms with Crippen molar-refractivity contribution >= 4 is 5.91 Å². The Morgan fingerprint density at radius 1 is 1.39 bits per heavy atom. The van der Waals surface area contributed by atoms with E-state index >= 15 is 0 Å². The predicted molar refractivity (Wildman–Crippen MR) is 108 cm³/mol. The zero-order valence-corrected chi connectivity index (χ0v) is 16.8. The van der Waals surface area contributed by atoms with Crippen molar-refractivity contribution in [3.8, 4) is 5.75 Å². The number of nitrogens with zero attached hydrogens (tertiary/aromatic N) is 2. The number of carbonyl (C=O) groups excluding carboxylic acids is 1. The number of hydrogen-bond donors (Lipinski definition) is 2. The molecule has 1 aromatic heterocycles. The van der Waals surface area contributed by atoms with Crippen LogP contribution >= 0.6 is 0 Å². The highest BCUT2D eigenvalue weighted by molar-refractivity contribution is 5.84. The molecule has 1 aromatic carbocycles. The van der Waals surface area contributed by atoms with Crippen LogP contribution in [-0.2, 0) is 17.9 Å². The summed E-state index contributed by atoms with van der Waals surface area (Å²) in [5.41, 5.74) is 0.957. The van der Waals surface area contributed by atoms with Gasteiger partial charge in [0.1, 0.15) is 11.6 Å². The van der Waals surface area contributed by atoms with Gasteiger partial charge < -0.3 is 15.0 Å². The van der Waals surface area contributed by atoms with Gasteiger partial charge in [0, 0.05) is 31.0 Å². The van der Waals surface area contributed by atoms with Gasteiger partial charge in [0.05, 0.1) is 18.6 Å². The van der Waals surface area contributed by atoms with Crippen LogP contribution in [0.2, 0.25) is 0 Å². The molecule has 2 aromatic rings. The number of aromatic nitrogens is 2. The van der Waals surface area contributed by atoms with Gasteiger partial charge in [-0.3, -0.25) is 9.69 Å². The van der Waals surface area contributed by atoms with E-state index in [2.05, 4.69) is 45.3 Å². The fourth-order valence-electron chi connectivity index (χ4n) is 5.18. The van der Waals surface area contributed by atoms with Crippen LogP contribution in [0.3, 0.4) is 0 Å². The van der Waals surface area contributed by atoms with Crippen molar-refractivity contribution in [3.05, 3.63) is 48.0 Å². The van der Waals surface area contributed by atoms with Crippen LogP contribution in [0.4, 0.5) is 0 Å². The second-order valence-corrected chi connectivity index (χ2v) is 7.93. The molecule has 3 heterocycles. The van der Waals surface area contributed by atoms with Crippen LogP contribution in [0.25, 0.3) is 0 Å². The molecule has 2 fully saturated rings. The highest BCUT2D eigenvalue weighted by Gasteiger charge is 2.58. The molecule has 6 heteroatoms. The zero-order chi connectivity index (χ0) is 19.6. The molecular formula is C22H30N4O2. The fraction of sp³-hybridized carbons (Fsp3) is 0.545. The lowest BCUT2D eigenvalue weighted by molar-refractivity contribution is -0.133. The number of fused-ring (bicyclic) bond motifs is 2. The third kappa shape index (κ3) is 3.41. The largest absolute Gasteiger partial charge is 0.494 e. The minimum atomic E-state index is -0.299. The minimum Gasteiger partial charge on any atom is -0.494 e. The van der Waals surface area contributed by atoms with Crippen LogP contribution in [-0.4, -0.2) is 39.5 Å². The molecule has 3 atom stereocenters. The molecule has 2 saturated heterocycles. The van der Waals surface area contributed by atoms with Crippen LogP contribution in [0.1, 0.15) is 50.9 Å². The Balaban J connectivity index is 1.47. The fourth-order valence-corrected chi connectivity index (χ4v) is 5.18. The average Bonchev–Trinajstić information content (AvgIpc) is 3.43. The quantitative estimate of drug-likeness (QED) is 0.735. The molecule has 1 amide bonds. The van der Waals surface area contributed by atoms with Gasteiger partial charge in [-0.1, -0.05) is 19.1 Å². The van der Waals surface area contributed by atoms with Gasteiger partial charge in [-0.15, -0.1) is 0 Å². The molecule has 0 aliphatic carbocycles. The summed E-state index contributed by atoms with van der Waals surface area (Å²) in [7, 11) is 0. The van der Waals surface area contributed by atoms with Gasteiger partial charge in [0.15, 0.2) is 0 Å². The van der Waals surface area contributed by atoms with E-state index in [9.17, 15) is 4.79 Å². The number of benzene rings is 1. The van der Waals surface area contributed by atoms with Crippen molar-refractivity contribution in [2.24, 2.45) is 5.41 Å². The molecule has 4 rings (SSSR count). The summed E-state index contributed by atoms with van der Waals surface area (Å²) in [5.74, 6) is 1.89. The van der Waals surface area contributed by atoms with Crippen LogP contribution < -0.4 is 10.1 Å². The lowest BCUT2D eigenvalue weighted by Crippen LogP contribution is -2.48. The molecular weight excluding hydrogens is 352 g/mol. The van der Waals surface area contributed by atoms with E-state index in [4.69, 9.17) is 4.74 Å². The molecule has 0 radical (unpaired) electrons. The number of rotatable bonds is 8. The van der Waals surface area contributed by atoms with Crippen molar-refractivity contribution in [3.63, 3.8) is 0 Å². The maximum absolute atomic E-state index is 13.2. The van der Waals surface area contributed by atoms with Crippen molar-refractivity contribution in [1.29, 1.82) is 0 Å². The van der Waals surface area contributed by atoms with E-state index < -0.39 is 0 Å². The summed E-state index contributed by atoms with van der Waals surface area (Å²) in [4.78, 5) is 23.0. The Bertz CT molecular complexity index is 807. The summed E-state index contributed by atoms with van der Waals surface area (Å²) in [6.07, 6.45) is 7.59. The van der Waals surface area contributed by atoms with E-state index in [0.29, 0.717) is 25.2 Å². The molecule has 28 heavy (non-hydrogen) atoms. The molecule has 0 spiro atoms. The van der Waals surface area contributed by atoms with Gasteiger partial charge in [-0.05, 0) is 50.3 Å². The summed E-state index contributed by atoms with van der Waals surface area (Å²) < 4.78 is 5.66. The number of ether oxygens (including phenoxy) is 1. The first-order valence-corrected chi connectivity index (χ1v) is 10.4. The topological polar surface area (TPSA) is 70.2 Å². The molecule has 2 bridgehead atoms. The van der Waals surface area contributed by atoms with Gasteiger partial charge in [0.25, 0.3) is 0 Å².